The van der Waals surface area contributed by atoms with Crippen LogP contribution in [0.3, 0.4) is 0 Å². The summed E-state index contributed by atoms with van der Waals surface area (Å²) >= 11 is 8.98. The van der Waals surface area contributed by atoms with Gasteiger partial charge in [0, 0.05) is 21.7 Å². The molecule has 152 valence electrons. The van der Waals surface area contributed by atoms with Gasteiger partial charge in [0.05, 0.1) is 15.5 Å². The summed E-state index contributed by atoms with van der Waals surface area (Å²) in [4.78, 5) is 6.93. The third-order valence-electron chi connectivity index (χ3n) is 4.29. The Balaban J connectivity index is 1.78. The van der Waals surface area contributed by atoms with Gasteiger partial charge in [-0.25, -0.2) is 17.8 Å². The van der Waals surface area contributed by atoms with Gasteiger partial charge in [0.25, 0.3) is 0 Å². The van der Waals surface area contributed by atoms with Gasteiger partial charge in [-0.3, -0.25) is 0 Å². The lowest BCUT2D eigenvalue weighted by Gasteiger charge is -2.04. The molecule has 0 saturated carbocycles. The molecule has 0 atom stereocenters. The van der Waals surface area contributed by atoms with E-state index in [1.54, 1.807) is 36.4 Å². The Kier molecular flexibility index (Phi) is 5.97. The van der Waals surface area contributed by atoms with E-state index in [9.17, 15) is 12.8 Å². The Morgan fingerprint density at radius 1 is 0.900 bits per heavy atom. The zero-order valence-electron chi connectivity index (χ0n) is 15.7. The third-order valence-corrected chi connectivity index (χ3v) is 7.84. The van der Waals surface area contributed by atoms with Gasteiger partial charge < -0.3 is 0 Å². The van der Waals surface area contributed by atoms with E-state index in [0.29, 0.717) is 5.02 Å². The summed E-state index contributed by atoms with van der Waals surface area (Å²) < 4.78 is 37.8. The largest absolute Gasteiger partial charge is 0.229 e. The Hall–Kier alpha value is -2.19. The van der Waals surface area contributed by atoms with E-state index in [1.807, 2.05) is 24.3 Å². The summed E-state index contributed by atoms with van der Waals surface area (Å²) in [7, 11) is -3.28. The lowest BCUT2D eigenvalue weighted by molar-refractivity contribution is 0.602. The summed E-state index contributed by atoms with van der Waals surface area (Å²) in [6.45, 7) is 0. The Labute approximate surface area is 187 Å². The molecule has 0 N–H and O–H groups in total. The molecular formula is C22H15ClFNO2S3. The molecule has 0 radical (unpaired) electrons. The molecule has 3 aromatic carbocycles. The standard InChI is InChI=1S/C22H15ClFNO2S3/c1-30(26,27)19-12-4-14(5-13-19)20-21(15-2-8-17(24)9-3-15)29-22(25-20)28-18-10-6-16(23)7-11-18/h2-13H,1H3. The van der Waals surface area contributed by atoms with E-state index < -0.39 is 9.84 Å². The van der Waals surface area contributed by atoms with Crippen LogP contribution in [0.2, 0.25) is 5.02 Å². The van der Waals surface area contributed by atoms with Crippen molar-refractivity contribution >= 4 is 44.5 Å². The molecule has 1 aromatic heterocycles. The van der Waals surface area contributed by atoms with E-state index in [0.717, 1.165) is 30.9 Å². The third kappa shape index (κ3) is 4.75. The Morgan fingerprint density at radius 2 is 1.50 bits per heavy atom. The minimum atomic E-state index is -3.28. The zero-order valence-corrected chi connectivity index (χ0v) is 18.9. The molecule has 0 spiro atoms. The number of rotatable bonds is 5. The molecule has 30 heavy (non-hydrogen) atoms. The van der Waals surface area contributed by atoms with Crippen LogP contribution < -0.4 is 0 Å². The second-order valence-electron chi connectivity index (χ2n) is 6.52. The van der Waals surface area contributed by atoms with Gasteiger partial charge in [0.15, 0.2) is 14.2 Å². The first-order chi connectivity index (χ1) is 14.3. The van der Waals surface area contributed by atoms with Gasteiger partial charge in [0.1, 0.15) is 5.82 Å². The molecule has 0 fully saturated rings. The molecule has 8 heteroatoms. The molecule has 4 rings (SSSR count). The number of benzene rings is 3. The number of aromatic nitrogens is 1. The number of sulfone groups is 1. The summed E-state index contributed by atoms with van der Waals surface area (Å²) in [5.74, 6) is -0.307. The highest BCUT2D eigenvalue weighted by Gasteiger charge is 2.17. The van der Waals surface area contributed by atoms with Gasteiger partial charge >= 0.3 is 0 Å². The van der Waals surface area contributed by atoms with Crippen molar-refractivity contribution in [2.45, 2.75) is 14.1 Å². The second kappa shape index (κ2) is 8.51. The van der Waals surface area contributed by atoms with E-state index in [2.05, 4.69) is 0 Å². The molecule has 0 bridgehead atoms. The molecular weight excluding hydrogens is 461 g/mol. The fourth-order valence-electron chi connectivity index (χ4n) is 2.80. The van der Waals surface area contributed by atoms with Crippen LogP contribution in [0.5, 0.6) is 0 Å². The smallest absolute Gasteiger partial charge is 0.175 e. The fraction of sp³-hybridized carbons (Fsp3) is 0.0455. The van der Waals surface area contributed by atoms with Crippen molar-refractivity contribution in [3.05, 3.63) is 83.6 Å². The van der Waals surface area contributed by atoms with Gasteiger partial charge in [-0.1, -0.05) is 47.6 Å². The highest BCUT2D eigenvalue weighted by molar-refractivity contribution is 8.01. The van der Waals surface area contributed by atoms with Crippen molar-refractivity contribution in [1.82, 2.24) is 4.98 Å². The highest BCUT2D eigenvalue weighted by Crippen LogP contribution is 2.42. The van der Waals surface area contributed by atoms with Crippen LogP contribution in [0.25, 0.3) is 21.7 Å². The number of thiazole rings is 1. The van der Waals surface area contributed by atoms with Gasteiger partial charge in [-0.15, -0.1) is 11.3 Å². The van der Waals surface area contributed by atoms with Gasteiger partial charge in [-0.05, 0) is 54.1 Å². The topological polar surface area (TPSA) is 47.0 Å². The fourth-order valence-corrected chi connectivity index (χ4v) is 5.70. The number of hydrogen-bond acceptors (Lipinski definition) is 5. The zero-order chi connectivity index (χ0) is 21.3. The molecule has 3 nitrogen and oxygen atoms in total. The Morgan fingerprint density at radius 3 is 2.10 bits per heavy atom. The lowest BCUT2D eigenvalue weighted by Crippen LogP contribution is -1.96. The Bertz CT molecular complexity index is 1280. The average Bonchev–Trinajstić information content (AvgIpc) is 3.13. The van der Waals surface area contributed by atoms with Crippen molar-refractivity contribution in [3.8, 4) is 21.7 Å². The normalized spacial score (nSPS) is 11.6. The highest BCUT2D eigenvalue weighted by atomic mass is 35.5. The van der Waals surface area contributed by atoms with E-state index >= 15 is 0 Å². The SMILES string of the molecule is CS(=O)(=O)c1ccc(-c2nc(Sc3ccc(Cl)cc3)sc2-c2ccc(F)cc2)cc1. The minimum absolute atomic E-state index is 0.251. The van der Waals surface area contributed by atoms with Crippen molar-refractivity contribution in [2.75, 3.05) is 6.26 Å². The van der Waals surface area contributed by atoms with Crippen LogP contribution in [-0.4, -0.2) is 19.7 Å². The molecule has 0 unspecified atom stereocenters. The van der Waals surface area contributed by atoms with E-state index in [4.69, 9.17) is 16.6 Å². The first-order valence-corrected chi connectivity index (χ1v) is 12.7. The molecule has 0 amide bonds. The van der Waals surface area contributed by atoms with Crippen molar-refractivity contribution in [1.29, 1.82) is 0 Å². The summed E-state index contributed by atoms with van der Waals surface area (Å²) in [6.07, 6.45) is 1.18. The lowest BCUT2D eigenvalue weighted by atomic mass is 10.1. The van der Waals surface area contributed by atoms with Crippen molar-refractivity contribution in [2.24, 2.45) is 0 Å². The predicted molar refractivity (Wildman–Crippen MR) is 122 cm³/mol. The molecule has 4 aromatic rings. The quantitative estimate of drug-likeness (QED) is 0.317. The number of nitrogens with zero attached hydrogens (tertiary/aromatic N) is 1. The maximum Gasteiger partial charge on any atom is 0.175 e. The maximum absolute atomic E-state index is 13.4. The second-order valence-corrected chi connectivity index (χ2v) is 11.3. The summed E-state index contributed by atoms with van der Waals surface area (Å²) in [5, 5.41) is 0.664. The van der Waals surface area contributed by atoms with Crippen LogP contribution in [0.4, 0.5) is 4.39 Å². The summed E-state index contributed by atoms with van der Waals surface area (Å²) in [6, 6.07) is 20.4. The molecule has 0 aliphatic heterocycles. The van der Waals surface area contributed by atoms with Crippen molar-refractivity contribution in [3.63, 3.8) is 0 Å². The summed E-state index contributed by atoms with van der Waals surface area (Å²) in [5.41, 5.74) is 2.36. The molecule has 1 heterocycles. The van der Waals surface area contributed by atoms with Crippen LogP contribution in [0.1, 0.15) is 0 Å². The van der Waals surface area contributed by atoms with Crippen LogP contribution in [-0.2, 0) is 9.84 Å². The van der Waals surface area contributed by atoms with Crippen LogP contribution in [0, 0.1) is 5.82 Å². The number of hydrogen-bond donors (Lipinski definition) is 0. The van der Waals surface area contributed by atoms with E-state index in [1.165, 1.54) is 41.5 Å². The van der Waals surface area contributed by atoms with Gasteiger partial charge in [-0.2, -0.15) is 0 Å². The van der Waals surface area contributed by atoms with Crippen LogP contribution in [0.15, 0.2) is 86.9 Å². The molecule has 0 aliphatic rings. The number of halogens is 2. The first kappa shape index (κ1) is 21.1. The molecule has 0 saturated heterocycles. The predicted octanol–water partition coefficient (Wildman–Crippen LogP) is 6.82. The minimum Gasteiger partial charge on any atom is -0.229 e. The average molecular weight is 476 g/mol. The maximum atomic E-state index is 13.4. The van der Waals surface area contributed by atoms with Crippen LogP contribution >= 0.6 is 34.7 Å². The molecule has 0 aliphatic carbocycles. The van der Waals surface area contributed by atoms with E-state index in [-0.39, 0.29) is 10.7 Å². The monoisotopic (exact) mass is 475 g/mol. The van der Waals surface area contributed by atoms with Gasteiger partial charge in [0.2, 0.25) is 0 Å². The first-order valence-electron chi connectivity index (χ1n) is 8.80. The van der Waals surface area contributed by atoms with Crippen molar-refractivity contribution < 1.29 is 12.8 Å².